The van der Waals surface area contributed by atoms with Gasteiger partial charge in [0.2, 0.25) is 5.75 Å². The minimum Gasteiger partial charge on any atom is -0.504 e. The van der Waals surface area contributed by atoms with Gasteiger partial charge < -0.3 is 24.1 Å². The lowest BCUT2D eigenvalue weighted by atomic mass is 10.2. The second-order valence-electron chi connectivity index (χ2n) is 4.89. The summed E-state index contributed by atoms with van der Waals surface area (Å²) in [6, 6.07) is 10.2. The van der Waals surface area contributed by atoms with E-state index in [0.29, 0.717) is 28.7 Å². The molecule has 0 saturated heterocycles. The molecule has 1 N–H and O–H groups in total. The third kappa shape index (κ3) is 3.55. The molecule has 0 aliphatic rings. The van der Waals surface area contributed by atoms with Crippen LogP contribution in [0, 0.1) is 0 Å². The monoisotopic (exact) mass is 304 g/mol. The minimum absolute atomic E-state index is 0.0266. The van der Waals surface area contributed by atoms with Crippen LogP contribution in [0.3, 0.4) is 0 Å². The van der Waals surface area contributed by atoms with Crippen molar-refractivity contribution in [3.63, 3.8) is 0 Å². The molecule has 0 radical (unpaired) electrons. The van der Waals surface area contributed by atoms with E-state index in [2.05, 4.69) is 0 Å². The maximum Gasteiger partial charge on any atom is 0.204 e. The molecule has 5 nitrogen and oxygen atoms in total. The van der Waals surface area contributed by atoms with Crippen LogP contribution >= 0.6 is 0 Å². The third-order valence-corrected chi connectivity index (χ3v) is 2.90. The molecule has 0 spiro atoms. The number of para-hydroxylation sites is 1. The fraction of sp³-hybridized carbons (Fsp3) is 0.294. The molecule has 0 atom stereocenters. The summed E-state index contributed by atoms with van der Waals surface area (Å²) in [6.45, 7) is 3.76. The summed E-state index contributed by atoms with van der Waals surface area (Å²) >= 11 is 0. The topological polar surface area (TPSA) is 57.2 Å². The van der Waals surface area contributed by atoms with E-state index < -0.39 is 0 Å². The largest absolute Gasteiger partial charge is 0.504 e. The average Bonchev–Trinajstić information content (AvgIpc) is 2.50. The van der Waals surface area contributed by atoms with E-state index in [0.717, 1.165) is 0 Å². The predicted octanol–water partition coefficient (Wildman–Crippen LogP) is 3.99. The molecule has 5 heteroatoms. The summed E-state index contributed by atoms with van der Waals surface area (Å²) in [6.07, 6.45) is -0.0894. The van der Waals surface area contributed by atoms with Gasteiger partial charge in [-0.3, -0.25) is 0 Å². The van der Waals surface area contributed by atoms with Gasteiger partial charge in [0.15, 0.2) is 23.0 Å². The molecule has 0 fully saturated rings. The van der Waals surface area contributed by atoms with Crippen molar-refractivity contribution in [2.45, 2.75) is 20.0 Å². The van der Waals surface area contributed by atoms with E-state index in [1.54, 1.807) is 50.6 Å². The molecule has 0 aromatic heterocycles. The van der Waals surface area contributed by atoms with Crippen LogP contribution in [0.4, 0.5) is 0 Å². The normalized spacial score (nSPS) is 10.4. The number of rotatable bonds is 6. The predicted molar refractivity (Wildman–Crippen MR) is 83.5 cm³/mol. The van der Waals surface area contributed by atoms with Crippen molar-refractivity contribution in [1.82, 2.24) is 0 Å². The van der Waals surface area contributed by atoms with Crippen LogP contribution in [0.25, 0.3) is 0 Å². The van der Waals surface area contributed by atoms with Crippen molar-refractivity contribution >= 4 is 0 Å². The van der Waals surface area contributed by atoms with Crippen molar-refractivity contribution in [2.24, 2.45) is 0 Å². The van der Waals surface area contributed by atoms with Crippen molar-refractivity contribution in [2.75, 3.05) is 14.2 Å². The van der Waals surface area contributed by atoms with Crippen LogP contribution in [-0.4, -0.2) is 25.4 Å². The van der Waals surface area contributed by atoms with Gasteiger partial charge in [-0.15, -0.1) is 0 Å². The number of hydrogen-bond acceptors (Lipinski definition) is 5. The van der Waals surface area contributed by atoms with Gasteiger partial charge in [0, 0.05) is 6.07 Å². The van der Waals surface area contributed by atoms with Crippen molar-refractivity contribution in [3.8, 4) is 34.5 Å². The van der Waals surface area contributed by atoms with Gasteiger partial charge in [-0.25, -0.2) is 0 Å². The van der Waals surface area contributed by atoms with Gasteiger partial charge in [-0.1, -0.05) is 6.07 Å². The summed E-state index contributed by atoms with van der Waals surface area (Å²) in [7, 11) is 3.13. The Kier molecular flexibility index (Phi) is 4.99. The number of phenolic OH excluding ortho intramolecular Hbond substituents is 1. The maximum atomic E-state index is 9.97. The Morgan fingerprint density at radius 1 is 0.909 bits per heavy atom. The first kappa shape index (κ1) is 15.8. The lowest BCUT2D eigenvalue weighted by Crippen LogP contribution is -2.06. The molecule has 2 aromatic rings. The van der Waals surface area contributed by atoms with Crippen molar-refractivity contribution in [3.05, 3.63) is 36.4 Å². The Labute approximate surface area is 130 Å². The summed E-state index contributed by atoms with van der Waals surface area (Å²) in [4.78, 5) is 0. The molecular formula is C17H20O5. The molecule has 0 saturated carbocycles. The smallest absolute Gasteiger partial charge is 0.204 e. The van der Waals surface area contributed by atoms with E-state index in [-0.39, 0.29) is 11.9 Å². The highest BCUT2D eigenvalue weighted by atomic mass is 16.5. The fourth-order valence-corrected chi connectivity index (χ4v) is 1.92. The lowest BCUT2D eigenvalue weighted by Gasteiger charge is -2.17. The standard InChI is InChI=1S/C17H20O5/c1-11(2)21-17-13(18)6-5-7-15(17)22-14-9-8-12(19-3)10-16(14)20-4/h5-11,18H,1-4H3. The number of hydrogen-bond donors (Lipinski definition) is 1. The van der Waals surface area contributed by atoms with Crippen molar-refractivity contribution in [1.29, 1.82) is 0 Å². The first-order valence-electron chi connectivity index (χ1n) is 6.93. The molecule has 2 rings (SSSR count). The van der Waals surface area contributed by atoms with E-state index in [1.807, 2.05) is 13.8 Å². The minimum atomic E-state index is -0.0894. The second-order valence-corrected chi connectivity index (χ2v) is 4.89. The van der Waals surface area contributed by atoms with Gasteiger partial charge in [0.1, 0.15) is 5.75 Å². The SMILES string of the molecule is COc1ccc(Oc2cccc(O)c2OC(C)C)c(OC)c1. The molecule has 0 heterocycles. The zero-order valence-electron chi connectivity index (χ0n) is 13.1. The molecule has 0 unspecified atom stereocenters. The quantitative estimate of drug-likeness (QED) is 0.874. The van der Waals surface area contributed by atoms with E-state index in [4.69, 9.17) is 18.9 Å². The van der Waals surface area contributed by atoms with Crippen LogP contribution in [-0.2, 0) is 0 Å². The van der Waals surface area contributed by atoms with Gasteiger partial charge in [-0.05, 0) is 38.1 Å². The average molecular weight is 304 g/mol. The van der Waals surface area contributed by atoms with Crippen LogP contribution < -0.4 is 18.9 Å². The Bertz CT molecular complexity index is 637. The molecule has 0 aliphatic carbocycles. The van der Waals surface area contributed by atoms with Gasteiger partial charge in [0.05, 0.1) is 20.3 Å². The van der Waals surface area contributed by atoms with Crippen LogP contribution in [0.15, 0.2) is 36.4 Å². The Morgan fingerprint density at radius 2 is 1.68 bits per heavy atom. The van der Waals surface area contributed by atoms with Crippen LogP contribution in [0.1, 0.15) is 13.8 Å². The zero-order chi connectivity index (χ0) is 16.1. The first-order chi connectivity index (χ1) is 10.5. The molecule has 22 heavy (non-hydrogen) atoms. The second kappa shape index (κ2) is 6.93. The number of ether oxygens (including phenoxy) is 4. The summed E-state index contributed by atoms with van der Waals surface area (Å²) in [5.41, 5.74) is 0. The molecule has 2 aromatic carbocycles. The number of benzene rings is 2. The number of aromatic hydroxyl groups is 1. The summed E-state index contributed by atoms with van der Waals surface area (Å²) < 4.78 is 21.9. The van der Waals surface area contributed by atoms with Crippen molar-refractivity contribution < 1.29 is 24.1 Å². The summed E-state index contributed by atoms with van der Waals surface area (Å²) in [5, 5.41) is 9.97. The molecule has 118 valence electrons. The van der Waals surface area contributed by atoms with E-state index >= 15 is 0 Å². The number of phenols is 1. The number of methoxy groups -OCH3 is 2. The first-order valence-corrected chi connectivity index (χ1v) is 6.93. The Hall–Kier alpha value is -2.56. The molecular weight excluding hydrogens is 284 g/mol. The fourth-order valence-electron chi connectivity index (χ4n) is 1.92. The van der Waals surface area contributed by atoms with Crippen LogP contribution in [0.2, 0.25) is 0 Å². The van der Waals surface area contributed by atoms with Gasteiger partial charge >= 0.3 is 0 Å². The molecule has 0 aliphatic heterocycles. The van der Waals surface area contributed by atoms with E-state index in [1.165, 1.54) is 0 Å². The van der Waals surface area contributed by atoms with E-state index in [9.17, 15) is 5.11 Å². The zero-order valence-corrected chi connectivity index (χ0v) is 13.1. The van der Waals surface area contributed by atoms with Gasteiger partial charge in [0.25, 0.3) is 0 Å². The molecule has 0 amide bonds. The Balaban J connectivity index is 2.36. The lowest BCUT2D eigenvalue weighted by molar-refractivity contribution is 0.222. The highest BCUT2D eigenvalue weighted by Crippen LogP contribution is 2.42. The highest BCUT2D eigenvalue weighted by Gasteiger charge is 2.15. The Morgan fingerprint density at radius 3 is 2.32 bits per heavy atom. The molecule has 0 bridgehead atoms. The third-order valence-electron chi connectivity index (χ3n) is 2.90. The highest BCUT2D eigenvalue weighted by molar-refractivity contribution is 5.54. The maximum absolute atomic E-state index is 9.97. The summed E-state index contributed by atoms with van der Waals surface area (Å²) in [5.74, 6) is 2.44. The van der Waals surface area contributed by atoms with Crippen LogP contribution in [0.5, 0.6) is 34.5 Å². The van der Waals surface area contributed by atoms with Gasteiger partial charge in [-0.2, -0.15) is 0 Å².